The zero-order valence-corrected chi connectivity index (χ0v) is 13.2. The topological polar surface area (TPSA) is 21.3 Å². The average molecular weight is 302 g/mol. The van der Waals surface area contributed by atoms with Crippen LogP contribution in [0.2, 0.25) is 5.02 Å². The third-order valence-corrected chi connectivity index (χ3v) is 3.36. The maximum atomic E-state index is 13.8. The van der Waals surface area contributed by atoms with Gasteiger partial charge in [-0.05, 0) is 49.9 Å². The molecule has 1 N–H and O–H groups in total. The van der Waals surface area contributed by atoms with Crippen LogP contribution in [0.3, 0.4) is 0 Å². The lowest BCUT2D eigenvalue weighted by Gasteiger charge is -2.19. The predicted molar refractivity (Wildman–Crippen MR) is 82.9 cm³/mol. The van der Waals surface area contributed by atoms with Gasteiger partial charge in [0.15, 0.2) is 0 Å². The highest BCUT2D eigenvalue weighted by molar-refractivity contribution is 6.30. The molecule has 0 saturated carbocycles. The van der Waals surface area contributed by atoms with Gasteiger partial charge in [0.05, 0.1) is 0 Å². The van der Waals surface area contributed by atoms with Gasteiger partial charge in [0.25, 0.3) is 0 Å². The molecule has 0 spiro atoms. The Bertz CT molecular complexity index is 387. The molecule has 0 aliphatic rings. The van der Waals surface area contributed by atoms with Crippen LogP contribution < -0.4 is 5.32 Å². The minimum Gasteiger partial charge on any atom is -0.381 e. The molecule has 1 unspecified atom stereocenters. The first-order valence-corrected chi connectivity index (χ1v) is 7.80. The largest absolute Gasteiger partial charge is 0.381 e. The molecule has 0 aliphatic carbocycles. The molecule has 1 atom stereocenters. The Balaban J connectivity index is 2.53. The summed E-state index contributed by atoms with van der Waals surface area (Å²) >= 11 is 5.78. The first kappa shape index (κ1) is 17.4. The molecule has 0 bridgehead atoms. The van der Waals surface area contributed by atoms with Gasteiger partial charge in [-0.2, -0.15) is 0 Å². The van der Waals surface area contributed by atoms with Crippen LogP contribution in [0.1, 0.15) is 38.7 Å². The van der Waals surface area contributed by atoms with E-state index in [4.69, 9.17) is 16.3 Å². The molecule has 0 aromatic heterocycles. The predicted octanol–water partition coefficient (Wildman–Crippen LogP) is 4.21. The monoisotopic (exact) mass is 301 g/mol. The SMILES string of the molecule is CCCNC(CCOCCC)Cc1ccc(Cl)cc1F. The van der Waals surface area contributed by atoms with Gasteiger partial charge >= 0.3 is 0 Å². The maximum absolute atomic E-state index is 13.8. The average Bonchev–Trinajstić information content (AvgIpc) is 2.43. The normalized spacial score (nSPS) is 12.6. The van der Waals surface area contributed by atoms with Crippen molar-refractivity contribution in [2.24, 2.45) is 0 Å². The Morgan fingerprint density at radius 2 is 2.05 bits per heavy atom. The van der Waals surface area contributed by atoms with Crippen LogP contribution >= 0.6 is 11.6 Å². The van der Waals surface area contributed by atoms with Crippen LogP contribution in [0.5, 0.6) is 0 Å². The third-order valence-electron chi connectivity index (χ3n) is 3.12. The molecule has 2 nitrogen and oxygen atoms in total. The molecule has 20 heavy (non-hydrogen) atoms. The van der Waals surface area contributed by atoms with Gasteiger partial charge in [0.2, 0.25) is 0 Å². The maximum Gasteiger partial charge on any atom is 0.127 e. The minimum absolute atomic E-state index is 0.227. The van der Waals surface area contributed by atoms with Gasteiger partial charge in [0, 0.05) is 24.3 Å². The number of rotatable bonds is 10. The minimum atomic E-state index is -0.227. The molecule has 114 valence electrons. The highest BCUT2D eigenvalue weighted by atomic mass is 35.5. The lowest BCUT2D eigenvalue weighted by molar-refractivity contribution is 0.124. The molecular weight excluding hydrogens is 277 g/mol. The Labute approximate surface area is 126 Å². The van der Waals surface area contributed by atoms with Crippen molar-refractivity contribution in [2.45, 2.75) is 45.6 Å². The zero-order valence-electron chi connectivity index (χ0n) is 12.4. The van der Waals surface area contributed by atoms with Gasteiger partial charge in [-0.1, -0.05) is 31.5 Å². The third kappa shape index (κ3) is 6.69. The van der Waals surface area contributed by atoms with Crippen molar-refractivity contribution < 1.29 is 9.13 Å². The molecule has 0 saturated heterocycles. The summed E-state index contributed by atoms with van der Waals surface area (Å²) in [6, 6.07) is 5.12. The second-order valence-corrected chi connectivity index (χ2v) is 5.43. The summed E-state index contributed by atoms with van der Waals surface area (Å²) in [7, 11) is 0. The Hall–Kier alpha value is -0.640. The van der Waals surface area contributed by atoms with E-state index >= 15 is 0 Å². The van der Waals surface area contributed by atoms with Crippen molar-refractivity contribution in [3.05, 3.63) is 34.6 Å². The number of hydrogen-bond acceptors (Lipinski definition) is 2. The summed E-state index contributed by atoms with van der Waals surface area (Å²) < 4.78 is 19.4. The molecule has 1 aromatic rings. The van der Waals surface area contributed by atoms with E-state index in [1.54, 1.807) is 12.1 Å². The lowest BCUT2D eigenvalue weighted by Crippen LogP contribution is -2.33. The van der Waals surface area contributed by atoms with Gasteiger partial charge in [-0.15, -0.1) is 0 Å². The lowest BCUT2D eigenvalue weighted by atomic mass is 10.0. The number of hydrogen-bond donors (Lipinski definition) is 1. The summed E-state index contributed by atoms with van der Waals surface area (Å²) in [6.07, 6.45) is 3.65. The van der Waals surface area contributed by atoms with Gasteiger partial charge in [-0.25, -0.2) is 4.39 Å². The smallest absolute Gasteiger partial charge is 0.127 e. The van der Waals surface area contributed by atoms with E-state index in [1.807, 2.05) is 0 Å². The Morgan fingerprint density at radius 1 is 1.25 bits per heavy atom. The zero-order chi connectivity index (χ0) is 14.8. The van der Waals surface area contributed by atoms with Gasteiger partial charge in [0.1, 0.15) is 5.82 Å². The number of nitrogens with one attached hydrogen (secondary N) is 1. The van der Waals surface area contributed by atoms with Crippen molar-refractivity contribution in [3.8, 4) is 0 Å². The molecule has 4 heteroatoms. The molecule has 1 rings (SSSR count). The Kier molecular flexibility index (Phi) is 8.83. The van der Waals surface area contributed by atoms with E-state index in [0.717, 1.165) is 32.4 Å². The second-order valence-electron chi connectivity index (χ2n) is 4.99. The summed E-state index contributed by atoms with van der Waals surface area (Å²) in [4.78, 5) is 0. The first-order valence-electron chi connectivity index (χ1n) is 7.42. The quantitative estimate of drug-likeness (QED) is 0.654. The fraction of sp³-hybridized carbons (Fsp3) is 0.625. The molecular formula is C16H25ClFNO. The highest BCUT2D eigenvalue weighted by Crippen LogP contribution is 2.17. The van der Waals surface area contributed by atoms with Crippen molar-refractivity contribution in [1.29, 1.82) is 0 Å². The van der Waals surface area contributed by atoms with E-state index in [1.165, 1.54) is 6.07 Å². The standard InChI is InChI=1S/C16H25ClFNO/c1-3-8-19-15(7-10-20-9-4-2)11-13-5-6-14(17)12-16(13)18/h5-6,12,15,19H,3-4,7-11H2,1-2H3. The van der Waals surface area contributed by atoms with Crippen LogP contribution in [-0.2, 0) is 11.2 Å². The fourth-order valence-corrected chi connectivity index (χ4v) is 2.21. The van der Waals surface area contributed by atoms with E-state index in [0.29, 0.717) is 23.6 Å². The molecule has 0 heterocycles. The van der Waals surface area contributed by atoms with Gasteiger partial charge in [-0.3, -0.25) is 0 Å². The van der Waals surface area contributed by atoms with Crippen LogP contribution in [0.15, 0.2) is 18.2 Å². The van der Waals surface area contributed by atoms with Crippen molar-refractivity contribution in [3.63, 3.8) is 0 Å². The van der Waals surface area contributed by atoms with Gasteiger partial charge < -0.3 is 10.1 Å². The molecule has 0 fully saturated rings. The second kappa shape index (κ2) is 10.1. The Morgan fingerprint density at radius 3 is 2.70 bits per heavy atom. The number of ether oxygens (including phenoxy) is 1. The summed E-state index contributed by atoms with van der Waals surface area (Å²) in [5.41, 5.74) is 0.707. The fourth-order valence-electron chi connectivity index (χ4n) is 2.05. The number of halogens is 2. The van der Waals surface area contributed by atoms with Crippen molar-refractivity contribution in [2.75, 3.05) is 19.8 Å². The van der Waals surface area contributed by atoms with E-state index in [9.17, 15) is 4.39 Å². The van der Waals surface area contributed by atoms with E-state index in [2.05, 4.69) is 19.2 Å². The first-order chi connectivity index (χ1) is 9.67. The highest BCUT2D eigenvalue weighted by Gasteiger charge is 2.12. The van der Waals surface area contributed by atoms with E-state index < -0.39 is 0 Å². The van der Waals surface area contributed by atoms with Crippen molar-refractivity contribution in [1.82, 2.24) is 5.32 Å². The van der Waals surface area contributed by atoms with Crippen LogP contribution in [0.25, 0.3) is 0 Å². The van der Waals surface area contributed by atoms with Crippen molar-refractivity contribution >= 4 is 11.6 Å². The summed E-state index contributed by atoms with van der Waals surface area (Å²) in [5.74, 6) is -0.227. The summed E-state index contributed by atoms with van der Waals surface area (Å²) in [6.45, 7) is 6.66. The van der Waals surface area contributed by atoms with Crippen LogP contribution in [0.4, 0.5) is 4.39 Å². The number of benzene rings is 1. The molecule has 0 aliphatic heterocycles. The molecule has 1 aromatic carbocycles. The van der Waals surface area contributed by atoms with Crippen LogP contribution in [0, 0.1) is 5.82 Å². The van der Waals surface area contributed by atoms with Crippen LogP contribution in [-0.4, -0.2) is 25.8 Å². The molecule has 0 radical (unpaired) electrons. The summed E-state index contributed by atoms with van der Waals surface area (Å²) in [5, 5.41) is 3.90. The van der Waals surface area contributed by atoms with E-state index in [-0.39, 0.29) is 11.9 Å². The molecule has 0 amide bonds.